The van der Waals surface area contributed by atoms with Crippen LogP contribution in [-0.2, 0) is 6.42 Å². The number of aromatic amines is 1. The number of amides is 1. The third-order valence-electron chi connectivity index (χ3n) is 6.61. The summed E-state index contributed by atoms with van der Waals surface area (Å²) in [6.45, 7) is 2.33. The van der Waals surface area contributed by atoms with Crippen LogP contribution in [0.1, 0.15) is 28.9 Å². The second-order valence-electron chi connectivity index (χ2n) is 9.01. The van der Waals surface area contributed by atoms with Crippen molar-refractivity contribution >= 4 is 17.5 Å². The molecule has 1 fully saturated rings. The number of halogens is 1. The fraction of sp³-hybridized carbons (Fsp3) is 0.241. The molecule has 1 saturated heterocycles. The van der Waals surface area contributed by atoms with Gasteiger partial charge in [0.1, 0.15) is 0 Å². The molecule has 4 aromatic rings. The molecule has 5 nitrogen and oxygen atoms in total. The zero-order valence-electron chi connectivity index (χ0n) is 19.6. The van der Waals surface area contributed by atoms with E-state index in [2.05, 4.69) is 51.7 Å². The summed E-state index contributed by atoms with van der Waals surface area (Å²) < 4.78 is 0. The van der Waals surface area contributed by atoms with Gasteiger partial charge in [0.25, 0.3) is 5.91 Å². The Labute approximate surface area is 211 Å². The Balaban J connectivity index is 1.38. The quantitative estimate of drug-likeness (QED) is 0.330. The summed E-state index contributed by atoms with van der Waals surface area (Å²) in [6, 6.07) is 24.5. The molecular formula is C29H29ClN4O. The van der Waals surface area contributed by atoms with E-state index >= 15 is 0 Å². The van der Waals surface area contributed by atoms with Crippen LogP contribution in [0.15, 0.2) is 85.3 Å². The number of carbonyl (C=O) groups is 1. The highest BCUT2D eigenvalue weighted by atomic mass is 35.5. The molecule has 1 aromatic heterocycles. The fourth-order valence-corrected chi connectivity index (χ4v) is 4.89. The predicted molar refractivity (Wildman–Crippen MR) is 142 cm³/mol. The third-order valence-corrected chi connectivity index (χ3v) is 6.94. The normalized spacial score (nSPS) is 15.3. The number of benzene rings is 3. The van der Waals surface area contributed by atoms with Crippen LogP contribution < -0.4 is 5.32 Å². The van der Waals surface area contributed by atoms with Gasteiger partial charge in [-0.25, -0.2) is 4.98 Å². The molecule has 1 aliphatic heterocycles. The minimum absolute atomic E-state index is 0.0250. The van der Waals surface area contributed by atoms with Crippen molar-refractivity contribution < 1.29 is 4.79 Å². The maximum Gasteiger partial charge on any atom is 0.253 e. The van der Waals surface area contributed by atoms with Gasteiger partial charge in [-0.15, -0.1) is 0 Å². The number of hydrogen-bond acceptors (Lipinski definition) is 3. The Morgan fingerprint density at radius 1 is 1.00 bits per heavy atom. The summed E-state index contributed by atoms with van der Waals surface area (Å²) >= 11 is 6.59. The summed E-state index contributed by atoms with van der Waals surface area (Å²) in [5.74, 6) is 0.0250. The molecule has 0 spiro atoms. The van der Waals surface area contributed by atoms with Crippen LogP contribution in [0.4, 0.5) is 0 Å². The van der Waals surface area contributed by atoms with Gasteiger partial charge in [0.05, 0.1) is 6.33 Å². The number of aromatic nitrogens is 2. The molecule has 0 aliphatic carbocycles. The lowest BCUT2D eigenvalue weighted by Crippen LogP contribution is -2.42. The monoisotopic (exact) mass is 484 g/mol. The van der Waals surface area contributed by atoms with Gasteiger partial charge < -0.3 is 15.2 Å². The van der Waals surface area contributed by atoms with Crippen molar-refractivity contribution in [1.29, 1.82) is 0 Å². The first kappa shape index (κ1) is 23.3. The number of rotatable bonds is 8. The second kappa shape index (κ2) is 10.9. The highest BCUT2D eigenvalue weighted by Gasteiger charge is 2.23. The molecular weight excluding hydrogens is 456 g/mol. The second-order valence-corrected chi connectivity index (χ2v) is 9.42. The van der Waals surface area contributed by atoms with E-state index in [9.17, 15) is 4.79 Å². The van der Waals surface area contributed by atoms with Crippen molar-refractivity contribution in [1.82, 2.24) is 20.2 Å². The maximum absolute atomic E-state index is 13.7. The number of H-pyrrole nitrogens is 1. The molecule has 3 aromatic carbocycles. The van der Waals surface area contributed by atoms with E-state index < -0.39 is 0 Å². The Bertz CT molecular complexity index is 1250. The van der Waals surface area contributed by atoms with E-state index in [0.717, 1.165) is 48.2 Å². The molecule has 2 heterocycles. The van der Waals surface area contributed by atoms with E-state index in [-0.39, 0.29) is 5.91 Å². The number of hydrogen-bond donors (Lipinski definition) is 2. The van der Waals surface area contributed by atoms with E-state index in [1.54, 1.807) is 6.33 Å². The maximum atomic E-state index is 13.7. The zero-order valence-corrected chi connectivity index (χ0v) is 20.3. The van der Waals surface area contributed by atoms with Crippen molar-refractivity contribution in [2.24, 2.45) is 0 Å². The molecule has 2 N–H and O–H groups in total. The van der Waals surface area contributed by atoms with Gasteiger partial charge in [0, 0.05) is 53.6 Å². The average Bonchev–Trinajstić information content (AvgIpc) is 3.62. The molecule has 1 unspecified atom stereocenters. The molecule has 6 heteroatoms. The lowest BCUT2D eigenvalue weighted by atomic mass is 9.98. The number of nitrogens with one attached hydrogen (secondary N) is 2. The van der Waals surface area contributed by atoms with E-state index in [4.69, 9.17) is 11.6 Å². The van der Waals surface area contributed by atoms with Gasteiger partial charge in [-0.3, -0.25) is 4.79 Å². The zero-order chi connectivity index (χ0) is 24.0. The molecule has 0 bridgehead atoms. The topological polar surface area (TPSA) is 61.0 Å². The average molecular weight is 485 g/mol. The van der Waals surface area contributed by atoms with Gasteiger partial charge in [0.2, 0.25) is 0 Å². The van der Waals surface area contributed by atoms with Gasteiger partial charge in [-0.2, -0.15) is 0 Å². The Kier molecular flexibility index (Phi) is 7.26. The van der Waals surface area contributed by atoms with Crippen molar-refractivity contribution in [3.05, 3.63) is 102 Å². The molecule has 0 radical (unpaired) electrons. The minimum atomic E-state index is 0.0250. The predicted octanol–water partition coefficient (Wildman–Crippen LogP) is 5.83. The first-order valence-corrected chi connectivity index (χ1v) is 12.5. The lowest BCUT2D eigenvalue weighted by molar-refractivity contribution is 0.0743. The molecule has 1 atom stereocenters. The van der Waals surface area contributed by atoms with Crippen molar-refractivity contribution in [2.75, 3.05) is 19.6 Å². The van der Waals surface area contributed by atoms with Crippen LogP contribution in [-0.4, -0.2) is 46.5 Å². The summed E-state index contributed by atoms with van der Waals surface area (Å²) in [5.41, 5.74) is 5.85. The van der Waals surface area contributed by atoms with Crippen LogP contribution in [0.3, 0.4) is 0 Å². The lowest BCUT2D eigenvalue weighted by Gasteiger charge is -2.26. The summed E-state index contributed by atoms with van der Waals surface area (Å²) in [7, 11) is 0. The Hall–Kier alpha value is -3.41. The summed E-state index contributed by atoms with van der Waals surface area (Å²) in [4.78, 5) is 22.8. The largest absolute Gasteiger partial charge is 0.348 e. The molecule has 5 rings (SSSR count). The fourth-order valence-electron chi connectivity index (χ4n) is 4.67. The van der Waals surface area contributed by atoms with Crippen LogP contribution >= 0.6 is 11.6 Å². The van der Waals surface area contributed by atoms with Gasteiger partial charge in [-0.05, 0) is 54.3 Å². The minimum Gasteiger partial charge on any atom is -0.348 e. The Morgan fingerprint density at radius 3 is 2.49 bits per heavy atom. The molecule has 0 saturated carbocycles. The smallest absolute Gasteiger partial charge is 0.253 e. The number of imidazole rings is 1. The van der Waals surface area contributed by atoms with Gasteiger partial charge in [0.15, 0.2) is 0 Å². The van der Waals surface area contributed by atoms with Crippen LogP contribution in [0, 0.1) is 0 Å². The highest BCUT2D eigenvalue weighted by molar-refractivity contribution is 6.33. The van der Waals surface area contributed by atoms with Gasteiger partial charge in [-0.1, -0.05) is 66.2 Å². The molecule has 35 heavy (non-hydrogen) atoms. The Morgan fingerprint density at radius 2 is 1.77 bits per heavy atom. The molecule has 178 valence electrons. The van der Waals surface area contributed by atoms with Gasteiger partial charge >= 0.3 is 0 Å². The first-order chi connectivity index (χ1) is 17.2. The van der Waals surface area contributed by atoms with Crippen LogP contribution in [0.25, 0.3) is 22.3 Å². The van der Waals surface area contributed by atoms with Crippen molar-refractivity contribution in [3.63, 3.8) is 0 Å². The summed E-state index contributed by atoms with van der Waals surface area (Å²) in [5, 5.41) is 4.15. The van der Waals surface area contributed by atoms with E-state index in [1.165, 1.54) is 5.56 Å². The van der Waals surface area contributed by atoms with Crippen molar-refractivity contribution in [3.8, 4) is 22.3 Å². The standard InChI is InChI=1S/C29H29ClN4O/c30-28-13-12-24(17-27(28)23-10-8-22(9-11-23)21-5-2-1-3-6-21)29(35)34(19-26-7-4-15-32-26)16-14-25-18-31-20-33-25/h1-3,5-6,8-13,17-18,20,26,32H,4,7,14-16,19H2,(H,31,33). The number of nitrogens with zero attached hydrogens (tertiary/aromatic N) is 2. The number of carbonyl (C=O) groups excluding carboxylic acids is 1. The molecule has 1 amide bonds. The van der Waals surface area contributed by atoms with Crippen LogP contribution in [0.5, 0.6) is 0 Å². The summed E-state index contributed by atoms with van der Waals surface area (Å²) in [6.07, 6.45) is 6.47. The SMILES string of the molecule is O=C(c1ccc(Cl)c(-c2ccc(-c3ccccc3)cc2)c1)N(CCc1cnc[nH]1)CC1CCCN1. The van der Waals surface area contributed by atoms with Crippen molar-refractivity contribution in [2.45, 2.75) is 25.3 Å². The van der Waals surface area contributed by atoms with E-state index in [1.807, 2.05) is 47.5 Å². The molecule has 1 aliphatic rings. The van der Waals surface area contributed by atoms with E-state index in [0.29, 0.717) is 29.7 Å². The third kappa shape index (κ3) is 5.64. The van der Waals surface area contributed by atoms with Crippen LogP contribution in [0.2, 0.25) is 5.02 Å². The first-order valence-electron chi connectivity index (χ1n) is 12.1. The highest BCUT2D eigenvalue weighted by Crippen LogP contribution is 2.31.